The number of amides is 2. The summed E-state index contributed by atoms with van der Waals surface area (Å²) in [6.07, 6.45) is 6.28. The molecule has 3 rings (SSSR count). The van der Waals surface area contributed by atoms with Crippen molar-refractivity contribution in [1.29, 1.82) is 0 Å². The molecule has 1 aromatic heterocycles. The molecule has 136 valence electrons. The van der Waals surface area contributed by atoms with E-state index in [1.807, 2.05) is 18.2 Å². The highest BCUT2D eigenvalue weighted by Crippen LogP contribution is 2.18. The van der Waals surface area contributed by atoms with Crippen LogP contribution in [0.2, 0.25) is 5.02 Å². The van der Waals surface area contributed by atoms with Crippen LogP contribution in [0.4, 0.5) is 0 Å². The van der Waals surface area contributed by atoms with Crippen LogP contribution < -0.4 is 5.32 Å². The van der Waals surface area contributed by atoms with Gasteiger partial charge in [-0.15, -0.1) is 0 Å². The minimum atomic E-state index is -0.0609. The first-order valence-electron chi connectivity index (χ1n) is 8.64. The third kappa shape index (κ3) is 4.99. The van der Waals surface area contributed by atoms with Crippen molar-refractivity contribution in [3.63, 3.8) is 0 Å². The van der Waals surface area contributed by atoms with Gasteiger partial charge in [0.2, 0.25) is 11.8 Å². The topological polar surface area (TPSA) is 62.6 Å². The molecule has 5 nitrogen and oxygen atoms in total. The molecule has 1 N–H and O–H groups in total. The predicted octanol–water partition coefficient (Wildman–Crippen LogP) is 3.50. The Morgan fingerprint density at radius 1 is 1.19 bits per heavy atom. The number of carbonyl (C=O) groups is 2. The van der Waals surface area contributed by atoms with E-state index in [0.717, 1.165) is 11.3 Å². The van der Waals surface area contributed by atoms with E-state index in [1.54, 1.807) is 41.5 Å². The van der Waals surface area contributed by atoms with Gasteiger partial charge in [-0.1, -0.05) is 23.7 Å². The molecule has 2 amide bonds. The zero-order valence-corrected chi connectivity index (χ0v) is 15.1. The second-order valence-corrected chi connectivity index (χ2v) is 6.72. The number of benzene rings is 1. The Balaban J connectivity index is 1.44. The molecule has 0 bridgehead atoms. The number of nitrogens with one attached hydrogen (secondary N) is 1. The molecular formula is C20H21ClN2O3. The Bertz CT molecular complexity index is 761. The minimum Gasteiger partial charge on any atom is -0.467 e. The van der Waals surface area contributed by atoms with Gasteiger partial charge in [0, 0.05) is 30.1 Å². The molecule has 2 heterocycles. The number of hydrogen-bond donors (Lipinski definition) is 1. The molecule has 1 fully saturated rings. The fraction of sp³-hybridized carbons (Fsp3) is 0.300. The third-order valence-corrected chi connectivity index (χ3v) is 4.73. The maximum absolute atomic E-state index is 12.3. The molecule has 1 aliphatic heterocycles. The monoisotopic (exact) mass is 372 g/mol. The first kappa shape index (κ1) is 18.3. The van der Waals surface area contributed by atoms with Crippen LogP contribution in [-0.2, 0) is 16.1 Å². The Labute approximate surface area is 157 Å². The zero-order valence-electron chi connectivity index (χ0n) is 14.4. The first-order chi connectivity index (χ1) is 12.6. The lowest BCUT2D eigenvalue weighted by Crippen LogP contribution is -2.42. The number of likely N-dealkylation sites (tertiary alicyclic amines) is 1. The van der Waals surface area contributed by atoms with Gasteiger partial charge in [0.1, 0.15) is 5.76 Å². The predicted molar refractivity (Wildman–Crippen MR) is 100 cm³/mol. The van der Waals surface area contributed by atoms with E-state index in [0.29, 0.717) is 37.5 Å². The maximum Gasteiger partial charge on any atom is 0.246 e. The molecular weight excluding hydrogens is 352 g/mol. The second kappa shape index (κ2) is 8.72. The summed E-state index contributed by atoms with van der Waals surface area (Å²) < 4.78 is 5.21. The van der Waals surface area contributed by atoms with Crippen LogP contribution in [-0.4, -0.2) is 29.8 Å². The Morgan fingerprint density at radius 2 is 1.92 bits per heavy atom. The van der Waals surface area contributed by atoms with Gasteiger partial charge in [-0.05, 0) is 48.7 Å². The van der Waals surface area contributed by atoms with E-state index in [-0.39, 0.29) is 17.7 Å². The van der Waals surface area contributed by atoms with Gasteiger partial charge in [0.05, 0.1) is 12.8 Å². The van der Waals surface area contributed by atoms with E-state index in [4.69, 9.17) is 16.0 Å². The van der Waals surface area contributed by atoms with E-state index >= 15 is 0 Å². The second-order valence-electron chi connectivity index (χ2n) is 6.28. The zero-order chi connectivity index (χ0) is 18.4. The van der Waals surface area contributed by atoms with Crippen molar-refractivity contribution >= 4 is 29.5 Å². The average Bonchev–Trinajstić information content (AvgIpc) is 3.19. The molecule has 0 unspecified atom stereocenters. The molecule has 1 aliphatic rings. The molecule has 6 heteroatoms. The molecule has 1 saturated heterocycles. The number of nitrogens with zero attached hydrogens (tertiary/aromatic N) is 1. The van der Waals surface area contributed by atoms with Gasteiger partial charge in [0.25, 0.3) is 0 Å². The van der Waals surface area contributed by atoms with Gasteiger partial charge in [0.15, 0.2) is 0 Å². The first-order valence-corrected chi connectivity index (χ1v) is 9.02. The smallest absolute Gasteiger partial charge is 0.246 e. The molecule has 0 atom stereocenters. The van der Waals surface area contributed by atoms with Crippen molar-refractivity contribution in [3.05, 3.63) is 65.1 Å². The van der Waals surface area contributed by atoms with Crippen LogP contribution in [0.1, 0.15) is 24.2 Å². The van der Waals surface area contributed by atoms with Crippen molar-refractivity contribution < 1.29 is 14.0 Å². The number of piperidine rings is 1. The van der Waals surface area contributed by atoms with E-state index in [1.165, 1.54) is 0 Å². The van der Waals surface area contributed by atoms with Crippen molar-refractivity contribution in [2.75, 3.05) is 13.1 Å². The van der Waals surface area contributed by atoms with Crippen LogP contribution >= 0.6 is 11.6 Å². The summed E-state index contributed by atoms with van der Waals surface area (Å²) in [7, 11) is 0. The summed E-state index contributed by atoms with van der Waals surface area (Å²) in [6, 6.07) is 10.9. The number of furan rings is 1. The summed E-state index contributed by atoms with van der Waals surface area (Å²) in [5, 5.41) is 3.56. The van der Waals surface area contributed by atoms with Crippen molar-refractivity contribution in [3.8, 4) is 0 Å². The standard InChI is InChI=1S/C20H21ClN2O3/c21-17-6-3-15(4-7-17)5-8-19(24)23-11-9-16(10-12-23)20(25)22-14-18-2-1-13-26-18/h1-8,13,16H,9-12,14H2,(H,22,25)/b8-5+. The fourth-order valence-corrected chi connectivity index (χ4v) is 3.07. The van der Waals surface area contributed by atoms with Crippen molar-refractivity contribution in [2.24, 2.45) is 5.92 Å². The lowest BCUT2D eigenvalue weighted by Gasteiger charge is -2.30. The number of hydrogen-bond acceptors (Lipinski definition) is 3. The molecule has 2 aromatic rings. The minimum absolute atomic E-state index is 0.0187. The molecule has 26 heavy (non-hydrogen) atoms. The Hall–Kier alpha value is -2.53. The van der Waals surface area contributed by atoms with Gasteiger partial charge >= 0.3 is 0 Å². The quantitative estimate of drug-likeness (QED) is 0.817. The maximum atomic E-state index is 12.3. The molecule has 0 saturated carbocycles. The Kier molecular flexibility index (Phi) is 6.12. The highest BCUT2D eigenvalue weighted by Gasteiger charge is 2.26. The lowest BCUT2D eigenvalue weighted by atomic mass is 9.96. The summed E-state index contributed by atoms with van der Waals surface area (Å²) in [5.41, 5.74) is 0.926. The Morgan fingerprint density at radius 3 is 2.58 bits per heavy atom. The SMILES string of the molecule is O=C(NCc1ccco1)C1CCN(C(=O)/C=C/c2ccc(Cl)cc2)CC1. The van der Waals surface area contributed by atoms with Crippen LogP contribution in [0.3, 0.4) is 0 Å². The van der Waals surface area contributed by atoms with Crippen molar-refractivity contribution in [1.82, 2.24) is 10.2 Å². The van der Waals surface area contributed by atoms with Crippen LogP contribution in [0.15, 0.2) is 53.2 Å². The summed E-state index contributed by atoms with van der Waals surface area (Å²) in [4.78, 5) is 26.3. The summed E-state index contributed by atoms with van der Waals surface area (Å²) >= 11 is 5.85. The van der Waals surface area contributed by atoms with Gasteiger partial charge in [-0.25, -0.2) is 0 Å². The average molecular weight is 373 g/mol. The number of halogens is 1. The third-order valence-electron chi connectivity index (χ3n) is 4.48. The highest BCUT2D eigenvalue weighted by atomic mass is 35.5. The van der Waals surface area contributed by atoms with Crippen LogP contribution in [0.25, 0.3) is 6.08 Å². The van der Waals surface area contributed by atoms with Crippen LogP contribution in [0.5, 0.6) is 0 Å². The van der Waals surface area contributed by atoms with Crippen molar-refractivity contribution in [2.45, 2.75) is 19.4 Å². The number of rotatable bonds is 5. The van der Waals surface area contributed by atoms with Gasteiger partial charge in [-0.3, -0.25) is 9.59 Å². The normalized spacial score (nSPS) is 15.3. The van der Waals surface area contributed by atoms with Crippen LogP contribution in [0, 0.1) is 5.92 Å². The van der Waals surface area contributed by atoms with E-state index in [9.17, 15) is 9.59 Å². The van der Waals surface area contributed by atoms with E-state index < -0.39 is 0 Å². The fourth-order valence-electron chi connectivity index (χ4n) is 2.94. The largest absolute Gasteiger partial charge is 0.467 e. The lowest BCUT2D eigenvalue weighted by molar-refractivity contribution is -0.132. The number of carbonyl (C=O) groups excluding carboxylic acids is 2. The summed E-state index contributed by atoms with van der Waals surface area (Å²) in [5.74, 6) is 0.659. The van der Waals surface area contributed by atoms with Gasteiger partial charge in [-0.2, -0.15) is 0 Å². The van der Waals surface area contributed by atoms with E-state index in [2.05, 4.69) is 5.32 Å². The van der Waals surface area contributed by atoms with Gasteiger partial charge < -0.3 is 14.6 Å². The molecule has 0 spiro atoms. The molecule has 0 aliphatic carbocycles. The molecule has 1 aromatic carbocycles. The molecule has 0 radical (unpaired) electrons. The highest BCUT2D eigenvalue weighted by molar-refractivity contribution is 6.30. The summed E-state index contributed by atoms with van der Waals surface area (Å²) in [6.45, 7) is 1.57.